The van der Waals surface area contributed by atoms with Crippen molar-refractivity contribution in [3.63, 3.8) is 0 Å². The predicted octanol–water partition coefficient (Wildman–Crippen LogP) is 2.95. The number of ether oxygens (including phenoxy) is 1. The summed E-state index contributed by atoms with van der Waals surface area (Å²) in [5.41, 5.74) is 6.76. The predicted molar refractivity (Wildman–Crippen MR) is 86.3 cm³/mol. The standard InChI is InChI=1S/C17H26N2O3/c1-17(2,3)22-16(21)19-10-6-7-12(11-19)15(20)13-8-4-5-9-14(13)18/h4-5,8-9,12,15,20H,6-7,10-11,18H2,1-3H3. The molecule has 1 saturated heterocycles. The zero-order valence-corrected chi connectivity index (χ0v) is 13.6. The van der Waals surface area contributed by atoms with Crippen LogP contribution >= 0.6 is 0 Å². The number of para-hydroxylation sites is 1. The third-order valence-electron chi connectivity index (χ3n) is 3.87. The van der Waals surface area contributed by atoms with Crippen LogP contribution in [0.5, 0.6) is 0 Å². The number of rotatable bonds is 2. The summed E-state index contributed by atoms with van der Waals surface area (Å²) in [7, 11) is 0. The van der Waals surface area contributed by atoms with Gasteiger partial charge < -0.3 is 20.5 Å². The number of carbonyl (C=O) groups excluding carboxylic acids is 1. The number of aliphatic hydroxyl groups excluding tert-OH is 1. The van der Waals surface area contributed by atoms with Gasteiger partial charge in [0, 0.05) is 30.3 Å². The van der Waals surface area contributed by atoms with Crippen LogP contribution in [0, 0.1) is 5.92 Å². The molecule has 0 saturated carbocycles. The molecule has 0 bridgehead atoms. The molecule has 1 aliphatic rings. The van der Waals surface area contributed by atoms with Crippen LogP contribution in [0.1, 0.15) is 45.3 Å². The van der Waals surface area contributed by atoms with Gasteiger partial charge in [-0.05, 0) is 39.7 Å². The molecule has 22 heavy (non-hydrogen) atoms. The molecule has 0 spiro atoms. The Labute approximate surface area is 132 Å². The molecule has 1 amide bonds. The van der Waals surface area contributed by atoms with Gasteiger partial charge in [0.1, 0.15) is 5.60 Å². The topological polar surface area (TPSA) is 75.8 Å². The SMILES string of the molecule is CC(C)(C)OC(=O)N1CCCC(C(O)c2ccccc2N)C1. The summed E-state index contributed by atoms with van der Waals surface area (Å²) in [5, 5.41) is 10.6. The van der Waals surface area contributed by atoms with Gasteiger partial charge in [0.05, 0.1) is 6.10 Å². The van der Waals surface area contributed by atoms with E-state index in [4.69, 9.17) is 10.5 Å². The number of nitrogens with zero attached hydrogens (tertiary/aromatic N) is 1. The van der Waals surface area contributed by atoms with Crippen LogP contribution in [-0.2, 0) is 4.74 Å². The Balaban J connectivity index is 2.04. The van der Waals surface area contributed by atoms with Gasteiger partial charge in [-0.2, -0.15) is 0 Å². The number of hydrogen-bond donors (Lipinski definition) is 2. The average Bonchev–Trinajstić information content (AvgIpc) is 2.45. The highest BCUT2D eigenvalue weighted by Crippen LogP contribution is 2.32. The Kier molecular flexibility index (Phi) is 4.96. The van der Waals surface area contributed by atoms with Crippen LogP contribution < -0.4 is 5.73 Å². The van der Waals surface area contributed by atoms with E-state index in [0.717, 1.165) is 18.4 Å². The van der Waals surface area contributed by atoms with Crippen molar-refractivity contribution in [2.45, 2.75) is 45.3 Å². The summed E-state index contributed by atoms with van der Waals surface area (Å²) in [5.74, 6) is -0.0223. The second kappa shape index (κ2) is 6.57. The first kappa shape index (κ1) is 16.6. The summed E-state index contributed by atoms with van der Waals surface area (Å²) < 4.78 is 5.42. The van der Waals surface area contributed by atoms with Crippen LogP contribution in [0.4, 0.5) is 10.5 Å². The van der Waals surface area contributed by atoms with Crippen molar-refractivity contribution in [2.75, 3.05) is 18.8 Å². The molecule has 1 aromatic carbocycles. The molecular weight excluding hydrogens is 280 g/mol. The quantitative estimate of drug-likeness (QED) is 0.824. The van der Waals surface area contributed by atoms with E-state index in [1.165, 1.54) is 0 Å². The molecule has 0 aliphatic carbocycles. The fraction of sp³-hybridized carbons (Fsp3) is 0.588. The summed E-state index contributed by atoms with van der Waals surface area (Å²) in [6.07, 6.45) is 0.750. The number of carbonyl (C=O) groups is 1. The molecule has 0 radical (unpaired) electrons. The highest BCUT2D eigenvalue weighted by molar-refractivity contribution is 5.68. The third kappa shape index (κ3) is 4.13. The van der Waals surface area contributed by atoms with Crippen molar-refractivity contribution in [2.24, 2.45) is 5.92 Å². The molecule has 1 aromatic rings. The maximum Gasteiger partial charge on any atom is 0.410 e. The molecule has 5 nitrogen and oxygen atoms in total. The Morgan fingerprint density at radius 1 is 1.41 bits per heavy atom. The molecule has 3 N–H and O–H groups in total. The molecule has 1 fully saturated rings. The third-order valence-corrected chi connectivity index (χ3v) is 3.87. The highest BCUT2D eigenvalue weighted by atomic mass is 16.6. The monoisotopic (exact) mass is 306 g/mol. The molecule has 0 aromatic heterocycles. The van der Waals surface area contributed by atoms with E-state index in [1.54, 1.807) is 11.0 Å². The number of likely N-dealkylation sites (tertiary alicyclic amines) is 1. The van der Waals surface area contributed by atoms with Crippen molar-refractivity contribution in [3.05, 3.63) is 29.8 Å². The minimum atomic E-state index is -0.661. The summed E-state index contributed by atoms with van der Waals surface area (Å²) in [4.78, 5) is 13.9. The second-order valence-electron chi connectivity index (χ2n) is 6.90. The van der Waals surface area contributed by atoms with Gasteiger partial charge in [0.15, 0.2) is 0 Å². The second-order valence-corrected chi connectivity index (χ2v) is 6.90. The average molecular weight is 306 g/mol. The zero-order valence-electron chi connectivity index (χ0n) is 13.6. The van der Waals surface area contributed by atoms with Crippen LogP contribution in [0.15, 0.2) is 24.3 Å². The van der Waals surface area contributed by atoms with Gasteiger partial charge >= 0.3 is 6.09 Å². The lowest BCUT2D eigenvalue weighted by molar-refractivity contribution is 0.00251. The van der Waals surface area contributed by atoms with Crippen molar-refractivity contribution in [1.29, 1.82) is 0 Å². The Hall–Kier alpha value is -1.75. The summed E-state index contributed by atoms with van der Waals surface area (Å²) in [6.45, 7) is 6.72. The number of hydrogen-bond acceptors (Lipinski definition) is 4. The number of nitrogen functional groups attached to an aromatic ring is 1. The lowest BCUT2D eigenvalue weighted by Crippen LogP contribution is -2.44. The first-order chi connectivity index (χ1) is 10.3. The van der Waals surface area contributed by atoms with Crippen LogP contribution in [0.2, 0.25) is 0 Å². The van der Waals surface area contributed by atoms with E-state index in [1.807, 2.05) is 39.0 Å². The fourth-order valence-electron chi connectivity index (χ4n) is 2.79. The van der Waals surface area contributed by atoms with Gasteiger partial charge in [0.2, 0.25) is 0 Å². The van der Waals surface area contributed by atoms with Crippen LogP contribution in [-0.4, -0.2) is 34.8 Å². The minimum Gasteiger partial charge on any atom is -0.444 e. The van der Waals surface area contributed by atoms with Gasteiger partial charge in [-0.1, -0.05) is 18.2 Å². The van der Waals surface area contributed by atoms with Crippen LogP contribution in [0.3, 0.4) is 0 Å². The van der Waals surface area contributed by atoms with E-state index in [9.17, 15) is 9.90 Å². The molecule has 5 heteroatoms. The number of piperidine rings is 1. The van der Waals surface area contributed by atoms with Crippen molar-refractivity contribution in [3.8, 4) is 0 Å². The van der Waals surface area contributed by atoms with Gasteiger partial charge in [-0.15, -0.1) is 0 Å². The fourth-order valence-corrected chi connectivity index (χ4v) is 2.79. The van der Waals surface area contributed by atoms with Crippen LogP contribution in [0.25, 0.3) is 0 Å². The normalized spacial score (nSPS) is 20.5. The van der Waals surface area contributed by atoms with E-state index in [2.05, 4.69) is 0 Å². The first-order valence-electron chi connectivity index (χ1n) is 7.78. The largest absolute Gasteiger partial charge is 0.444 e. The highest BCUT2D eigenvalue weighted by Gasteiger charge is 2.32. The first-order valence-corrected chi connectivity index (χ1v) is 7.78. The van der Waals surface area contributed by atoms with Gasteiger partial charge in [-0.25, -0.2) is 4.79 Å². The van der Waals surface area contributed by atoms with E-state index in [-0.39, 0.29) is 12.0 Å². The lowest BCUT2D eigenvalue weighted by atomic mass is 9.88. The number of amides is 1. The Morgan fingerprint density at radius 2 is 2.09 bits per heavy atom. The molecular formula is C17H26N2O3. The lowest BCUT2D eigenvalue weighted by Gasteiger charge is -2.36. The Bertz CT molecular complexity index is 525. The molecule has 2 rings (SSSR count). The van der Waals surface area contributed by atoms with E-state index in [0.29, 0.717) is 18.8 Å². The number of benzene rings is 1. The molecule has 2 atom stereocenters. The minimum absolute atomic E-state index is 0.0223. The molecule has 1 aliphatic heterocycles. The Morgan fingerprint density at radius 3 is 2.73 bits per heavy atom. The summed E-state index contributed by atoms with van der Waals surface area (Å²) >= 11 is 0. The maximum atomic E-state index is 12.2. The summed E-state index contributed by atoms with van der Waals surface area (Å²) in [6, 6.07) is 7.34. The van der Waals surface area contributed by atoms with Gasteiger partial charge in [-0.3, -0.25) is 0 Å². The van der Waals surface area contributed by atoms with Crippen molar-refractivity contribution in [1.82, 2.24) is 4.90 Å². The van der Waals surface area contributed by atoms with E-state index >= 15 is 0 Å². The smallest absolute Gasteiger partial charge is 0.410 e. The number of aliphatic hydroxyl groups is 1. The van der Waals surface area contributed by atoms with Crippen molar-refractivity contribution < 1.29 is 14.6 Å². The van der Waals surface area contributed by atoms with Gasteiger partial charge in [0.25, 0.3) is 0 Å². The zero-order chi connectivity index (χ0) is 16.3. The molecule has 2 unspecified atom stereocenters. The molecule has 122 valence electrons. The van der Waals surface area contributed by atoms with Crippen molar-refractivity contribution >= 4 is 11.8 Å². The maximum absolute atomic E-state index is 12.2. The van der Waals surface area contributed by atoms with E-state index < -0.39 is 11.7 Å². The number of anilines is 1. The number of nitrogens with two attached hydrogens (primary N) is 1. The molecule has 1 heterocycles.